The number of ketones is 1. The molecule has 2 aliphatic heterocycles. The third-order valence-corrected chi connectivity index (χ3v) is 7.91. The van der Waals surface area contributed by atoms with Crippen molar-refractivity contribution < 1.29 is 18.7 Å². The average Bonchev–Trinajstić information content (AvgIpc) is 3.38. The van der Waals surface area contributed by atoms with Gasteiger partial charge < -0.3 is 15.0 Å². The SMILES string of the molecule is C[C@H]1COCCN1c1ccc(-c2nn3cccnc3c2C(=O)N[C@H]2N=C(c3ccccc3)c3cccc(F)c3CC2=O)cn1. The molecule has 10 nitrogen and oxygen atoms in total. The minimum atomic E-state index is -1.26. The van der Waals surface area contributed by atoms with Gasteiger partial charge in [-0.15, -0.1) is 0 Å². The van der Waals surface area contributed by atoms with Gasteiger partial charge in [0.2, 0.25) is 0 Å². The Kier molecular flexibility index (Phi) is 7.15. The van der Waals surface area contributed by atoms with Crippen LogP contribution in [0.15, 0.2) is 90.3 Å². The summed E-state index contributed by atoms with van der Waals surface area (Å²) in [6, 6.07) is 19.5. The lowest BCUT2D eigenvalue weighted by Crippen LogP contribution is -2.44. The van der Waals surface area contributed by atoms with Crippen molar-refractivity contribution in [3.8, 4) is 11.3 Å². The van der Waals surface area contributed by atoms with Gasteiger partial charge in [-0.2, -0.15) is 5.10 Å². The zero-order chi connectivity index (χ0) is 30.2. The normalized spacial score (nSPS) is 18.5. The number of ether oxygens (including phenoxy) is 1. The van der Waals surface area contributed by atoms with Crippen LogP contribution in [0.4, 0.5) is 10.2 Å². The third-order valence-electron chi connectivity index (χ3n) is 7.91. The molecule has 0 spiro atoms. The number of nitrogens with zero attached hydrogens (tertiary/aromatic N) is 6. The molecule has 11 heteroatoms. The summed E-state index contributed by atoms with van der Waals surface area (Å²) in [6.07, 6.45) is 3.46. The van der Waals surface area contributed by atoms with Gasteiger partial charge >= 0.3 is 0 Å². The summed E-state index contributed by atoms with van der Waals surface area (Å²) in [6.45, 7) is 4.06. The maximum absolute atomic E-state index is 15.0. The van der Waals surface area contributed by atoms with Gasteiger partial charge in [-0.25, -0.2) is 18.9 Å². The number of benzene rings is 2. The number of carbonyl (C=O) groups is 2. The van der Waals surface area contributed by atoms with Crippen LogP contribution in [-0.4, -0.2) is 69.0 Å². The predicted molar refractivity (Wildman–Crippen MR) is 162 cm³/mol. The fourth-order valence-electron chi connectivity index (χ4n) is 5.70. The fourth-order valence-corrected chi connectivity index (χ4v) is 5.70. The molecule has 1 fully saturated rings. The first-order valence-electron chi connectivity index (χ1n) is 14.4. The van der Waals surface area contributed by atoms with Crippen LogP contribution in [0.2, 0.25) is 0 Å². The molecule has 7 rings (SSSR count). The molecule has 0 saturated carbocycles. The van der Waals surface area contributed by atoms with E-state index in [2.05, 4.69) is 32.2 Å². The third kappa shape index (κ3) is 5.01. The highest BCUT2D eigenvalue weighted by molar-refractivity contribution is 6.16. The number of rotatable bonds is 5. The van der Waals surface area contributed by atoms with E-state index in [1.165, 1.54) is 10.6 Å². The Balaban J connectivity index is 1.26. The monoisotopic (exact) mass is 589 g/mol. The minimum Gasteiger partial charge on any atom is -0.377 e. The van der Waals surface area contributed by atoms with E-state index >= 15 is 0 Å². The van der Waals surface area contributed by atoms with Crippen LogP contribution in [0.1, 0.15) is 34.0 Å². The van der Waals surface area contributed by atoms with Gasteiger partial charge in [-0.1, -0.05) is 42.5 Å². The smallest absolute Gasteiger partial charge is 0.259 e. The molecule has 44 heavy (non-hydrogen) atoms. The molecule has 0 aliphatic carbocycles. The Morgan fingerprint density at radius 3 is 2.68 bits per heavy atom. The van der Waals surface area contributed by atoms with Gasteiger partial charge in [0.15, 0.2) is 17.6 Å². The second-order valence-electron chi connectivity index (χ2n) is 10.8. The van der Waals surface area contributed by atoms with Crippen LogP contribution in [0.5, 0.6) is 0 Å². The van der Waals surface area contributed by atoms with Crippen molar-refractivity contribution in [1.82, 2.24) is 24.9 Å². The standard InChI is InChI=1S/C33H28FN7O3/c1-20-19-44-16-15-40(20)27-12-11-22(18-36-27)30-28(32-35-13-6-14-41(32)39-30)33(43)38-31-26(42)17-24-23(9-5-10-25(24)34)29(37-31)21-7-3-2-4-8-21/h2-14,18,20,31H,15-17,19H2,1H3,(H,38,43)/t20-,31+/m0/s1. The molecular formula is C33H28FN7O3. The van der Waals surface area contributed by atoms with Crippen molar-refractivity contribution in [2.75, 3.05) is 24.7 Å². The van der Waals surface area contributed by atoms with E-state index in [0.29, 0.717) is 47.0 Å². The predicted octanol–water partition coefficient (Wildman–Crippen LogP) is 3.87. The second kappa shape index (κ2) is 11.4. The van der Waals surface area contributed by atoms with E-state index in [-0.39, 0.29) is 23.6 Å². The maximum Gasteiger partial charge on any atom is 0.259 e. The van der Waals surface area contributed by atoms with Gasteiger partial charge in [0.05, 0.1) is 25.0 Å². The first-order valence-corrected chi connectivity index (χ1v) is 14.4. The summed E-state index contributed by atoms with van der Waals surface area (Å²) in [4.78, 5) is 43.5. The first-order chi connectivity index (χ1) is 21.5. The van der Waals surface area contributed by atoms with Gasteiger partial charge in [0.25, 0.3) is 5.91 Å². The lowest BCUT2D eigenvalue weighted by Gasteiger charge is -2.34. The zero-order valence-corrected chi connectivity index (χ0v) is 23.9. The summed E-state index contributed by atoms with van der Waals surface area (Å²) in [7, 11) is 0. The van der Waals surface area contributed by atoms with Gasteiger partial charge in [-0.05, 0) is 31.2 Å². The van der Waals surface area contributed by atoms with Crippen LogP contribution < -0.4 is 10.2 Å². The number of hydrogen-bond acceptors (Lipinski definition) is 8. The number of Topliss-reactive ketones (excluding diaryl/α,β-unsaturated/α-hetero) is 1. The number of anilines is 1. The molecule has 5 heterocycles. The molecule has 0 bridgehead atoms. The lowest BCUT2D eigenvalue weighted by molar-refractivity contribution is -0.120. The number of aromatic nitrogens is 4. The van der Waals surface area contributed by atoms with Crippen molar-refractivity contribution in [3.63, 3.8) is 0 Å². The zero-order valence-electron chi connectivity index (χ0n) is 23.9. The molecule has 2 atom stereocenters. The van der Waals surface area contributed by atoms with Crippen LogP contribution in [0.25, 0.3) is 16.9 Å². The summed E-state index contributed by atoms with van der Waals surface area (Å²) in [5.41, 5.74) is 3.35. The molecule has 0 unspecified atom stereocenters. The molecule has 0 radical (unpaired) electrons. The van der Waals surface area contributed by atoms with Crippen molar-refractivity contribution >= 4 is 28.9 Å². The molecule has 220 valence electrons. The molecule has 5 aromatic rings. The lowest BCUT2D eigenvalue weighted by atomic mass is 9.95. The minimum absolute atomic E-state index is 0.178. The van der Waals surface area contributed by atoms with Crippen LogP contribution >= 0.6 is 0 Å². The molecule has 3 aromatic heterocycles. The van der Waals surface area contributed by atoms with E-state index in [1.54, 1.807) is 36.8 Å². The van der Waals surface area contributed by atoms with Crippen LogP contribution in [-0.2, 0) is 16.0 Å². The van der Waals surface area contributed by atoms with Crippen molar-refractivity contribution in [2.45, 2.75) is 25.6 Å². The molecular weight excluding hydrogens is 561 g/mol. The Labute approximate surface area is 252 Å². The number of halogens is 1. The Morgan fingerprint density at radius 1 is 1.02 bits per heavy atom. The second-order valence-corrected chi connectivity index (χ2v) is 10.8. The quantitative estimate of drug-likeness (QED) is 0.331. The molecule has 2 aliphatic rings. The van der Waals surface area contributed by atoms with Crippen molar-refractivity contribution in [1.29, 1.82) is 0 Å². The molecule has 2 aromatic carbocycles. The van der Waals surface area contributed by atoms with E-state index in [4.69, 9.17) is 9.73 Å². The van der Waals surface area contributed by atoms with Gasteiger partial charge in [0.1, 0.15) is 22.9 Å². The maximum atomic E-state index is 15.0. The largest absolute Gasteiger partial charge is 0.377 e. The number of nitrogens with one attached hydrogen (secondary N) is 1. The number of morpholine rings is 1. The van der Waals surface area contributed by atoms with Gasteiger partial charge in [-0.3, -0.25) is 14.6 Å². The summed E-state index contributed by atoms with van der Waals surface area (Å²) >= 11 is 0. The highest BCUT2D eigenvalue weighted by Crippen LogP contribution is 2.28. The van der Waals surface area contributed by atoms with Gasteiger partial charge in [0, 0.05) is 53.8 Å². The molecule has 1 amide bonds. The summed E-state index contributed by atoms with van der Waals surface area (Å²) in [5, 5.41) is 7.45. The number of fused-ring (bicyclic) bond motifs is 2. The number of aliphatic imine (C=N–C) groups is 1. The average molecular weight is 590 g/mol. The number of pyridine rings is 1. The first kappa shape index (κ1) is 27.5. The van der Waals surface area contributed by atoms with Crippen molar-refractivity contribution in [3.05, 3.63) is 113 Å². The number of hydrogen-bond donors (Lipinski definition) is 1. The Bertz CT molecular complexity index is 1910. The van der Waals surface area contributed by atoms with E-state index < -0.39 is 23.7 Å². The topological polar surface area (TPSA) is 114 Å². The molecule has 1 saturated heterocycles. The number of amides is 1. The van der Waals surface area contributed by atoms with E-state index in [1.807, 2.05) is 42.5 Å². The highest BCUT2D eigenvalue weighted by Gasteiger charge is 2.31. The van der Waals surface area contributed by atoms with Crippen LogP contribution in [0.3, 0.4) is 0 Å². The highest BCUT2D eigenvalue weighted by atomic mass is 19.1. The molecule has 1 N–H and O–H groups in total. The fraction of sp³-hybridized carbons (Fsp3) is 0.212. The number of carbonyl (C=O) groups excluding carboxylic acids is 2. The van der Waals surface area contributed by atoms with Crippen molar-refractivity contribution in [2.24, 2.45) is 4.99 Å². The van der Waals surface area contributed by atoms with E-state index in [9.17, 15) is 14.0 Å². The summed E-state index contributed by atoms with van der Waals surface area (Å²) in [5.74, 6) is -0.716. The summed E-state index contributed by atoms with van der Waals surface area (Å²) < 4.78 is 22.0. The Morgan fingerprint density at radius 2 is 1.89 bits per heavy atom. The Hall–Kier alpha value is -5.29. The van der Waals surface area contributed by atoms with Crippen LogP contribution in [0, 0.1) is 5.82 Å². The van der Waals surface area contributed by atoms with E-state index in [0.717, 1.165) is 12.4 Å².